The first-order valence-electron chi connectivity index (χ1n) is 10.4. The number of benzene rings is 2. The predicted octanol–water partition coefficient (Wildman–Crippen LogP) is 5.98. The Balaban J connectivity index is 1.36. The Morgan fingerprint density at radius 2 is 2.00 bits per heavy atom. The summed E-state index contributed by atoms with van der Waals surface area (Å²) in [7, 11) is 0. The van der Waals surface area contributed by atoms with Crippen LogP contribution < -0.4 is 10.1 Å². The van der Waals surface area contributed by atoms with Gasteiger partial charge < -0.3 is 10.1 Å². The van der Waals surface area contributed by atoms with Crippen molar-refractivity contribution in [1.82, 2.24) is 0 Å². The maximum atomic E-state index is 12.4. The number of amides is 1. The Labute approximate surface area is 186 Å². The van der Waals surface area contributed by atoms with Crippen molar-refractivity contribution in [3.05, 3.63) is 87.8 Å². The summed E-state index contributed by atoms with van der Waals surface area (Å²) >= 11 is 1.54. The largest absolute Gasteiger partial charge is 0.489 e. The highest BCUT2D eigenvalue weighted by Gasteiger charge is 2.24. The minimum Gasteiger partial charge on any atom is -0.489 e. The van der Waals surface area contributed by atoms with E-state index in [0.717, 1.165) is 41.7 Å². The monoisotopic (exact) mass is 428 g/mol. The minimum atomic E-state index is -0.229. The first kappa shape index (κ1) is 20.9. The van der Waals surface area contributed by atoms with Crippen LogP contribution in [-0.4, -0.2) is 5.91 Å². The standard InChI is InChI=1S/C26H24N2O2S/c1-18-7-13-22-23(16-27)26(31-24(22)15-18)28-25(29)14-10-19-8-11-21(12-9-19)30-17-20-5-3-2-4-6-20/h2-6,8-12,14,18H,7,13,15,17H2,1H3,(H,28,29). The molecule has 0 fully saturated rings. The second-order valence-corrected chi connectivity index (χ2v) is 8.94. The fraction of sp³-hybridized carbons (Fsp3) is 0.231. The van der Waals surface area contributed by atoms with Gasteiger partial charge in [-0.2, -0.15) is 5.26 Å². The molecule has 1 aromatic heterocycles. The molecule has 1 aliphatic carbocycles. The number of rotatable bonds is 6. The van der Waals surface area contributed by atoms with Crippen molar-refractivity contribution in [2.45, 2.75) is 32.8 Å². The summed E-state index contributed by atoms with van der Waals surface area (Å²) in [5, 5.41) is 13.1. The lowest BCUT2D eigenvalue weighted by Gasteiger charge is -2.17. The van der Waals surface area contributed by atoms with Gasteiger partial charge in [0.05, 0.1) is 5.56 Å². The van der Waals surface area contributed by atoms with E-state index in [0.29, 0.717) is 23.1 Å². The minimum absolute atomic E-state index is 0.229. The van der Waals surface area contributed by atoms with Gasteiger partial charge in [0.2, 0.25) is 5.91 Å². The summed E-state index contributed by atoms with van der Waals surface area (Å²) < 4.78 is 5.79. The molecule has 0 radical (unpaired) electrons. The van der Waals surface area contributed by atoms with Crippen LogP contribution >= 0.6 is 11.3 Å². The van der Waals surface area contributed by atoms with Gasteiger partial charge in [-0.3, -0.25) is 4.79 Å². The maximum absolute atomic E-state index is 12.4. The van der Waals surface area contributed by atoms with Crippen molar-refractivity contribution >= 4 is 28.3 Å². The van der Waals surface area contributed by atoms with Crippen LogP contribution in [0.25, 0.3) is 6.08 Å². The number of carbonyl (C=O) groups excluding carboxylic acids is 1. The van der Waals surface area contributed by atoms with Gasteiger partial charge in [-0.25, -0.2) is 0 Å². The molecule has 1 atom stereocenters. The van der Waals surface area contributed by atoms with Crippen LogP contribution in [0.3, 0.4) is 0 Å². The van der Waals surface area contributed by atoms with Crippen LogP contribution in [0.5, 0.6) is 5.75 Å². The van der Waals surface area contributed by atoms with E-state index < -0.39 is 0 Å². The quantitative estimate of drug-likeness (QED) is 0.492. The van der Waals surface area contributed by atoms with Crippen molar-refractivity contribution in [2.75, 3.05) is 5.32 Å². The van der Waals surface area contributed by atoms with Crippen LogP contribution in [-0.2, 0) is 24.2 Å². The smallest absolute Gasteiger partial charge is 0.249 e. The van der Waals surface area contributed by atoms with Crippen LogP contribution in [0.1, 0.15) is 40.5 Å². The molecule has 3 aromatic rings. The van der Waals surface area contributed by atoms with Crippen molar-refractivity contribution in [3.63, 3.8) is 0 Å². The first-order chi connectivity index (χ1) is 15.1. The third kappa shape index (κ3) is 5.22. The molecule has 156 valence electrons. The molecular formula is C26H24N2O2S. The fourth-order valence-corrected chi connectivity index (χ4v) is 5.06. The number of hydrogen-bond donors (Lipinski definition) is 1. The van der Waals surface area contributed by atoms with Crippen molar-refractivity contribution in [3.8, 4) is 11.8 Å². The van der Waals surface area contributed by atoms with Gasteiger partial charge in [-0.15, -0.1) is 11.3 Å². The topological polar surface area (TPSA) is 62.1 Å². The second kappa shape index (κ2) is 9.63. The molecule has 1 N–H and O–H groups in total. The SMILES string of the molecule is CC1CCc2c(sc(NC(=O)C=Cc3ccc(OCc4ccccc4)cc3)c2C#N)C1. The average molecular weight is 429 g/mol. The highest BCUT2D eigenvalue weighted by Crippen LogP contribution is 2.39. The van der Waals surface area contributed by atoms with E-state index in [-0.39, 0.29) is 5.91 Å². The summed E-state index contributed by atoms with van der Waals surface area (Å²) in [5.41, 5.74) is 3.77. The van der Waals surface area contributed by atoms with E-state index in [9.17, 15) is 10.1 Å². The molecule has 1 unspecified atom stereocenters. The number of anilines is 1. The molecule has 5 heteroatoms. The first-order valence-corrected chi connectivity index (χ1v) is 11.2. The van der Waals surface area contributed by atoms with Gasteiger partial charge in [0, 0.05) is 11.0 Å². The molecule has 1 amide bonds. The molecule has 1 aliphatic rings. The third-order valence-electron chi connectivity index (χ3n) is 5.42. The zero-order valence-electron chi connectivity index (χ0n) is 17.4. The summed E-state index contributed by atoms with van der Waals surface area (Å²) in [6.07, 6.45) is 6.26. The molecule has 4 rings (SSSR count). The van der Waals surface area contributed by atoms with Gasteiger partial charge in [0.25, 0.3) is 0 Å². The number of hydrogen-bond acceptors (Lipinski definition) is 4. The Hall–Kier alpha value is -3.36. The molecule has 0 saturated carbocycles. The molecule has 0 spiro atoms. The Bertz CT molecular complexity index is 1120. The summed E-state index contributed by atoms with van der Waals surface area (Å²) in [5.74, 6) is 1.18. The van der Waals surface area contributed by atoms with Crippen molar-refractivity contribution < 1.29 is 9.53 Å². The van der Waals surface area contributed by atoms with E-state index in [1.165, 1.54) is 11.0 Å². The van der Waals surface area contributed by atoms with Gasteiger partial charge in [0.15, 0.2) is 0 Å². The molecule has 0 bridgehead atoms. The number of ether oxygens (including phenoxy) is 1. The highest BCUT2D eigenvalue weighted by molar-refractivity contribution is 7.16. The van der Waals surface area contributed by atoms with Crippen molar-refractivity contribution in [1.29, 1.82) is 5.26 Å². The molecule has 31 heavy (non-hydrogen) atoms. The third-order valence-corrected chi connectivity index (χ3v) is 6.59. The number of fused-ring (bicyclic) bond motifs is 1. The van der Waals surface area contributed by atoms with Gasteiger partial charge >= 0.3 is 0 Å². The highest BCUT2D eigenvalue weighted by atomic mass is 32.1. The normalized spacial score (nSPS) is 15.3. The number of nitriles is 1. The lowest BCUT2D eigenvalue weighted by Crippen LogP contribution is -2.10. The number of carbonyl (C=O) groups is 1. The van der Waals surface area contributed by atoms with Gasteiger partial charge in [-0.1, -0.05) is 49.4 Å². The molecule has 2 aromatic carbocycles. The van der Waals surface area contributed by atoms with Crippen LogP contribution in [0.4, 0.5) is 5.00 Å². The molecule has 0 saturated heterocycles. The van der Waals surface area contributed by atoms with Gasteiger partial charge in [-0.05, 0) is 60.1 Å². The maximum Gasteiger partial charge on any atom is 0.249 e. The Morgan fingerprint density at radius 1 is 1.23 bits per heavy atom. The zero-order valence-corrected chi connectivity index (χ0v) is 18.2. The number of nitrogens with zero attached hydrogens (tertiary/aromatic N) is 1. The van der Waals surface area contributed by atoms with Crippen molar-refractivity contribution in [2.24, 2.45) is 5.92 Å². The fourth-order valence-electron chi connectivity index (χ4n) is 3.70. The van der Waals surface area contributed by atoms with Crippen LogP contribution in [0.2, 0.25) is 0 Å². The predicted molar refractivity (Wildman–Crippen MR) is 125 cm³/mol. The van der Waals surface area contributed by atoms with E-state index >= 15 is 0 Å². The van der Waals surface area contributed by atoms with E-state index in [4.69, 9.17) is 4.74 Å². The molecule has 4 nitrogen and oxygen atoms in total. The van der Waals surface area contributed by atoms with Gasteiger partial charge in [0.1, 0.15) is 23.4 Å². The molecule has 1 heterocycles. The van der Waals surface area contributed by atoms with E-state index in [2.05, 4.69) is 18.3 Å². The Morgan fingerprint density at radius 3 is 2.74 bits per heavy atom. The zero-order chi connectivity index (χ0) is 21.6. The van der Waals surface area contributed by atoms with E-state index in [1.807, 2.05) is 54.6 Å². The summed E-state index contributed by atoms with van der Waals surface area (Å²) in [6, 6.07) is 19.9. The Kier molecular flexibility index (Phi) is 6.49. The average Bonchev–Trinajstić information content (AvgIpc) is 3.13. The molecular weight excluding hydrogens is 404 g/mol. The number of thiophene rings is 1. The molecule has 0 aliphatic heterocycles. The van der Waals surface area contributed by atoms with Crippen LogP contribution in [0, 0.1) is 17.2 Å². The second-order valence-electron chi connectivity index (χ2n) is 7.83. The van der Waals surface area contributed by atoms with E-state index in [1.54, 1.807) is 17.4 Å². The van der Waals surface area contributed by atoms with Crippen LogP contribution in [0.15, 0.2) is 60.7 Å². The summed E-state index contributed by atoms with van der Waals surface area (Å²) in [6.45, 7) is 2.75. The lowest BCUT2D eigenvalue weighted by molar-refractivity contribution is -0.111. The summed E-state index contributed by atoms with van der Waals surface area (Å²) in [4.78, 5) is 13.7. The number of nitrogens with one attached hydrogen (secondary N) is 1. The lowest BCUT2D eigenvalue weighted by atomic mass is 9.89.